The second-order valence-corrected chi connectivity index (χ2v) is 16.1. The molecule has 6 rings (SSSR count). The molecule has 1 fully saturated rings. The molecule has 0 bridgehead atoms. The minimum Gasteiger partial charge on any atom is -0.455 e. The first-order valence-corrected chi connectivity index (χ1v) is 19.5. The molecule has 0 spiro atoms. The van der Waals surface area contributed by atoms with Gasteiger partial charge in [0.05, 0.1) is 30.1 Å². The molecule has 0 aliphatic carbocycles. The predicted molar refractivity (Wildman–Crippen MR) is 207 cm³/mol. The summed E-state index contributed by atoms with van der Waals surface area (Å²) in [4.78, 5) is 44.2. The van der Waals surface area contributed by atoms with Gasteiger partial charge in [-0.2, -0.15) is 0 Å². The molecule has 11 nitrogen and oxygen atoms in total. The number of hydrogen-bond donors (Lipinski definition) is 1. The van der Waals surface area contributed by atoms with Crippen LogP contribution in [0.1, 0.15) is 53.1 Å². The quantitative estimate of drug-likeness (QED) is 0.165. The van der Waals surface area contributed by atoms with Crippen LogP contribution in [0.3, 0.4) is 0 Å². The smallest absolute Gasteiger partial charge is 0.410 e. The Hall–Kier alpha value is -5.76. The largest absolute Gasteiger partial charge is 0.455 e. The summed E-state index contributed by atoms with van der Waals surface area (Å²) < 4.78 is 66.9. The molecule has 1 atom stereocenters. The zero-order valence-electron chi connectivity index (χ0n) is 31.1. The van der Waals surface area contributed by atoms with E-state index in [9.17, 15) is 31.6 Å². The maximum atomic E-state index is 14.5. The van der Waals surface area contributed by atoms with Gasteiger partial charge in [-0.15, -0.1) is 0 Å². The summed E-state index contributed by atoms with van der Waals surface area (Å²) in [6.45, 7) is 4.49. The van der Waals surface area contributed by atoms with Crippen LogP contribution in [-0.4, -0.2) is 87.9 Å². The Morgan fingerprint density at radius 1 is 0.945 bits per heavy atom. The third-order valence-electron chi connectivity index (χ3n) is 9.22. The van der Waals surface area contributed by atoms with Crippen LogP contribution in [0.5, 0.6) is 0 Å². The average molecular weight is 773 g/mol. The Balaban J connectivity index is 1.48. The summed E-state index contributed by atoms with van der Waals surface area (Å²) in [5, 5.41) is 2.92. The van der Waals surface area contributed by atoms with Crippen LogP contribution in [0.25, 0.3) is 33.4 Å². The number of nitrogens with one attached hydrogen (secondary N) is 1. The van der Waals surface area contributed by atoms with Crippen LogP contribution in [0, 0.1) is 5.82 Å². The first-order valence-electron chi connectivity index (χ1n) is 17.7. The van der Waals surface area contributed by atoms with E-state index < -0.39 is 52.7 Å². The van der Waals surface area contributed by atoms with Crippen molar-refractivity contribution in [3.63, 3.8) is 0 Å². The number of anilines is 1. The lowest BCUT2D eigenvalue weighted by Crippen LogP contribution is -2.53. The van der Waals surface area contributed by atoms with E-state index in [1.54, 1.807) is 60.9 Å². The zero-order valence-corrected chi connectivity index (χ0v) is 32.0. The number of amides is 3. The number of hydrogen-bond acceptors (Lipinski definition) is 7. The number of rotatable bonds is 9. The van der Waals surface area contributed by atoms with Crippen LogP contribution < -0.4 is 9.62 Å². The molecule has 1 unspecified atom stereocenters. The van der Waals surface area contributed by atoms with Gasteiger partial charge in [0.15, 0.2) is 0 Å². The topological polar surface area (TPSA) is 129 Å². The van der Waals surface area contributed by atoms with Crippen molar-refractivity contribution in [2.24, 2.45) is 0 Å². The molecule has 0 saturated carbocycles. The summed E-state index contributed by atoms with van der Waals surface area (Å²) >= 11 is 0. The minimum absolute atomic E-state index is 0.0632. The monoisotopic (exact) mass is 772 g/mol. The molecular formula is C41H42F2N4O7S. The fourth-order valence-corrected chi connectivity index (χ4v) is 7.64. The third kappa shape index (κ3) is 8.34. The van der Waals surface area contributed by atoms with Crippen molar-refractivity contribution in [2.45, 2.75) is 32.4 Å². The summed E-state index contributed by atoms with van der Waals surface area (Å²) in [7, 11) is -2.61. The van der Waals surface area contributed by atoms with Crippen LogP contribution in [0.15, 0.2) is 95.4 Å². The van der Waals surface area contributed by atoms with E-state index in [0.717, 1.165) is 16.1 Å². The summed E-state index contributed by atoms with van der Waals surface area (Å²) in [6.07, 6.45) is 0.478. The van der Waals surface area contributed by atoms with Gasteiger partial charge in [0.1, 0.15) is 29.4 Å². The second-order valence-electron chi connectivity index (χ2n) is 14.2. The number of piperazine rings is 1. The van der Waals surface area contributed by atoms with Crippen molar-refractivity contribution < 1.29 is 40.7 Å². The number of fused-ring (bicyclic) bond motifs is 1. The molecule has 14 heteroatoms. The number of sulfonamides is 1. The van der Waals surface area contributed by atoms with Crippen molar-refractivity contribution in [3.8, 4) is 22.5 Å². The predicted octanol–water partition coefficient (Wildman–Crippen LogP) is 7.44. The van der Waals surface area contributed by atoms with Crippen LogP contribution >= 0.6 is 0 Å². The fourth-order valence-electron chi connectivity index (χ4n) is 6.73. The summed E-state index contributed by atoms with van der Waals surface area (Å²) in [6, 6.07) is 23.8. The highest BCUT2D eigenvalue weighted by atomic mass is 32.2. The number of carbonyl (C=O) groups is 3. The fraction of sp³-hybridized carbons (Fsp3) is 0.293. The first-order chi connectivity index (χ1) is 26.1. The number of alkyl halides is 1. The first kappa shape index (κ1) is 38.9. The molecule has 5 aromatic rings. The van der Waals surface area contributed by atoms with Crippen LogP contribution in [-0.2, 0) is 14.8 Å². The van der Waals surface area contributed by atoms with Gasteiger partial charge in [0.25, 0.3) is 11.8 Å². The van der Waals surface area contributed by atoms with Crippen LogP contribution in [0.4, 0.5) is 19.3 Å². The SMILES string of the molecule is CNC(=O)c1c(-c2ccc(F)cc2)oc2cc(N(CCF)S(C)(=O)=O)c(-c3cccc(C(=O)N4CCN(C(=O)OC(C)(C)C)CC4c4ccccc4)c3)cc12. The maximum absolute atomic E-state index is 14.5. The van der Waals surface area contributed by atoms with Gasteiger partial charge in [-0.3, -0.25) is 13.9 Å². The van der Waals surface area contributed by atoms with E-state index in [4.69, 9.17) is 9.15 Å². The van der Waals surface area contributed by atoms with Crippen molar-refractivity contribution >= 4 is 44.6 Å². The van der Waals surface area contributed by atoms with Gasteiger partial charge in [-0.25, -0.2) is 22.0 Å². The van der Waals surface area contributed by atoms with Crippen molar-refractivity contribution in [1.29, 1.82) is 0 Å². The summed E-state index contributed by atoms with van der Waals surface area (Å²) in [5.74, 6) is -1.22. The molecule has 288 valence electrons. The van der Waals surface area contributed by atoms with Crippen molar-refractivity contribution in [2.75, 3.05) is 50.5 Å². The van der Waals surface area contributed by atoms with Gasteiger partial charge in [0, 0.05) is 54.8 Å². The molecule has 1 aliphatic heterocycles. The zero-order chi connectivity index (χ0) is 39.7. The van der Waals surface area contributed by atoms with Crippen LogP contribution in [0.2, 0.25) is 0 Å². The van der Waals surface area contributed by atoms with Crippen molar-refractivity contribution in [1.82, 2.24) is 15.1 Å². The van der Waals surface area contributed by atoms with Gasteiger partial charge >= 0.3 is 6.09 Å². The molecule has 1 N–H and O–H groups in total. The molecule has 0 radical (unpaired) electrons. The van der Waals surface area contributed by atoms with E-state index in [1.165, 1.54) is 37.4 Å². The molecule has 1 saturated heterocycles. The molecule has 55 heavy (non-hydrogen) atoms. The van der Waals surface area contributed by atoms with E-state index >= 15 is 0 Å². The number of furan rings is 1. The van der Waals surface area contributed by atoms with Gasteiger partial charge in [-0.05, 0) is 74.4 Å². The van der Waals surface area contributed by atoms with E-state index in [0.29, 0.717) is 16.5 Å². The number of ether oxygens (including phenoxy) is 1. The molecule has 3 amide bonds. The Bertz CT molecular complexity index is 2340. The standard InChI is InChI=1S/C41H42F2N4O7S/c1-41(2,3)54-40(50)45-20-21-46(34(25-45)26-10-7-6-8-11-26)39(49)29-13-9-12-28(22-29)31-23-32-35(24-33(31)47(19-18-42)55(5,51)52)53-37(36(32)38(48)44-4)27-14-16-30(43)17-15-27/h6-17,22-24,34H,18-21,25H2,1-5H3,(H,44,48). The Morgan fingerprint density at radius 3 is 2.29 bits per heavy atom. The van der Waals surface area contributed by atoms with E-state index in [-0.39, 0.29) is 59.3 Å². The van der Waals surface area contributed by atoms with E-state index in [1.807, 2.05) is 30.3 Å². The number of halogens is 2. The van der Waals surface area contributed by atoms with Crippen molar-refractivity contribution in [3.05, 3.63) is 114 Å². The summed E-state index contributed by atoms with van der Waals surface area (Å²) in [5.41, 5.74) is 1.80. The number of nitrogens with zero attached hydrogens (tertiary/aromatic N) is 3. The highest BCUT2D eigenvalue weighted by Gasteiger charge is 2.36. The van der Waals surface area contributed by atoms with Gasteiger partial charge in [0.2, 0.25) is 10.0 Å². The lowest BCUT2D eigenvalue weighted by Gasteiger charge is -2.42. The number of benzene rings is 4. The highest BCUT2D eigenvalue weighted by Crippen LogP contribution is 2.42. The molecule has 1 aliphatic rings. The number of carbonyl (C=O) groups excluding carboxylic acids is 3. The molecular weight excluding hydrogens is 731 g/mol. The van der Waals surface area contributed by atoms with E-state index in [2.05, 4.69) is 5.32 Å². The molecule has 4 aromatic carbocycles. The highest BCUT2D eigenvalue weighted by molar-refractivity contribution is 7.92. The average Bonchev–Trinajstić information content (AvgIpc) is 3.53. The Morgan fingerprint density at radius 2 is 1.65 bits per heavy atom. The van der Waals surface area contributed by atoms with Gasteiger partial charge in [-0.1, -0.05) is 42.5 Å². The molecule has 1 aromatic heterocycles. The second kappa shape index (κ2) is 15.5. The Kier molecular flexibility index (Phi) is 11.0. The minimum atomic E-state index is -4.05. The normalized spacial score (nSPS) is 14.9. The lowest BCUT2D eigenvalue weighted by molar-refractivity contribution is 0.00408. The van der Waals surface area contributed by atoms with Gasteiger partial charge < -0.3 is 24.3 Å². The molecule has 2 heterocycles. The third-order valence-corrected chi connectivity index (χ3v) is 10.4. The maximum Gasteiger partial charge on any atom is 0.410 e. The Labute approximate surface area is 318 Å². The lowest BCUT2D eigenvalue weighted by atomic mass is 9.96.